The molecule has 1 rings (SSSR count). The van der Waals surface area contributed by atoms with Crippen molar-refractivity contribution in [3.05, 3.63) is 0 Å². The van der Waals surface area contributed by atoms with E-state index in [1.807, 2.05) is 41.5 Å². The van der Waals surface area contributed by atoms with Crippen molar-refractivity contribution >= 4 is 5.91 Å². The lowest BCUT2D eigenvalue weighted by atomic mass is 9.96. The maximum atomic E-state index is 11.2. The first kappa shape index (κ1) is 22.6. The van der Waals surface area contributed by atoms with Gasteiger partial charge in [0.05, 0.1) is 0 Å². The Kier molecular flexibility index (Phi) is 23.6. The first-order valence-electron chi connectivity index (χ1n) is 7.72. The van der Waals surface area contributed by atoms with Crippen LogP contribution in [0.1, 0.15) is 61.3 Å². The van der Waals surface area contributed by atoms with Crippen molar-refractivity contribution in [2.45, 2.75) is 61.3 Å². The van der Waals surface area contributed by atoms with Crippen molar-refractivity contribution in [2.75, 3.05) is 26.7 Å². The number of rotatable bonds is 2. The molecule has 0 aromatic heterocycles. The zero-order valence-electron chi connectivity index (χ0n) is 14.0. The normalized spacial score (nSPS) is 14.9. The molecule has 0 bridgehead atoms. The summed E-state index contributed by atoms with van der Waals surface area (Å²) >= 11 is 0. The van der Waals surface area contributed by atoms with Crippen molar-refractivity contribution < 1.29 is 4.79 Å². The fourth-order valence-corrected chi connectivity index (χ4v) is 1.72. The van der Waals surface area contributed by atoms with Gasteiger partial charge >= 0.3 is 0 Å². The van der Waals surface area contributed by atoms with Gasteiger partial charge in [0.25, 0.3) is 0 Å². The number of hydrogen-bond donors (Lipinski definition) is 1. The fraction of sp³-hybridized carbons (Fsp3) is 0.933. The van der Waals surface area contributed by atoms with E-state index in [9.17, 15) is 4.79 Å². The molecule has 3 nitrogen and oxygen atoms in total. The third-order valence-electron chi connectivity index (χ3n) is 2.65. The van der Waals surface area contributed by atoms with Crippen LogP contribution in [-0.4, -0.2) is 37.5 Å². The Bertz CT molecular complexity index is 153. The number of piperidine rings is 1. The van der Waals surface area contributed by atoms with Crippen LogP contribution >= 0.6 is 0 Å². The fourth-order valence-electron chi connectivity index (χ4n) is 1.72. The summed E-state index contributed by atoms with van der Waals surface area (Å²) in [5.74, 6) is 0.476. The largest absolute Gasteiger partial charge is 0.359 e. The van der Waals surface area contributed by atoms with Crippen LogP contribution in [0.25, 0.3) is 0 Å². The molecule has 1 aliphatic rings. The highest BCUT2D eigenvalue weighted by molar-refractivity contribution is 5.78. The Hall–Kier alpha value is -0.570. The lowest BCUT2D eigenvalue weighted by Gasteiger charge is -2.29. The van der Waals surface area contributed by atoms with E-state index in [2.05, 4.69) is 17.1 Å². The Morgan fingerprint density at radius 3 is 1.72 bits per heavy atom. The lowest BCUT2D eigenvalue weighted by Crippen LogP contribution is -2.39. The SMILES string of the molecule is CC.CC.CC.CCN1CCC(C(=O)NC)CC1. The van der Waals surface area contributed by atoms with Crippen LogP contribution in [0.3, 0.4) is 0 Å². The first-order valence-corrected chi connectivity index (χ1v) is 7.72. The van der Waals surface area contributed by atoms with Crippen LogP contribution in [-0.2, 0) is 4.79 Å². The zero-order chi connectivity index (χ0) is 15.0. The number of hydrogen-bond acceptors (Lipinski definition) is 2. The minimum absolute atomic E-state index is 0.214. The topological polar surface area (TPSA) is 32.3 Å². The average Bonchev–Trinajstić information content (AvgIpc) is 2.52. The molecule has 112 valence electrons. The minimum Gasteiger partial charge on any atom is -0.359 e. The van der Waals surface area contributed by atoms with Gasteiger partial charge in [0.15, 0.2) is 0 Å². The van der Waals surface area contributed by atoms with E-state index < -0.39 is 0 Å². The highest BCUT2D eigenvalue weighted by Crippen LogP contribution is 2.16. The van der Waals surface area contributed by atoms with Crippen molar-refractivity contribution in [2.24, 2.45) is 5.92 Å². The Morgan fingerprint density at radius 2 is 1.44 bits per heavy atom. The van der Waals surface area contributed by atoms with Gasteiger partial charge in [0, 0.05) is 13.0 Å². The molecule has 0 unspecified atom stereocenters. The van der Waals surface area contributed by atoms with E-state index >= 15 is 0 Å². The van der Waals surface area contributed by atoms with E-state index in [0.717, 1.165) is 32.5 Å². The number of amides is 1. The summed E-state index contributed by atoms with van der Waals surface area (Å²) < 4.78 is 0. The molecular formula is C15H36N2O. The third-order valence-corrected chi connectivity index (χ3v) is 2.65. The molecule has 0 aromatic carbocycles. The molecule has 1 fully saturated rings. The molecule has 18 heavy (non-hydrogen) atoms. The van der Waals surface area contributed by atoms with Crippen LogP contribution in [0.5, 0.6) is 0 Å². The van der Waals surface area contributed by atoms with E-state index in [1.165, 1.54) is 0 Å². The average molecular weight is 260 g/mol. The molecule has 3 heteroatoms. The van der Waals surface area contributed by atoms with E-state index in [4.69, 9.17) is 0 Å². The number of carbonyl (C=O) groups excluding carboxylic acids is 1. The molecule has 0 aliphatic carbocycles. The predicted molar refractivity (Wildman–Crippen MR) is 82.9 cm³/mol. The summed E-state index contributed by atoms with van der Waals surface area (Å²) in [4.78, 5) is 13.6. The molecule has 0 atom stereocenters. The standard InChI is InChI=1S/C9H18N2O.3C2H6/c1-3-11-6-4-8(5-7-11)9(12)10-2;3*1-2/h8H,3-7H2,1-2H3,(H,10,12);3*1-2H3. The Labute approximate surface area is 115 Å². The van der Waals surface area contributed by atoms with Crippen molar-refractivity contribution in [1.29, 1.82) is 0 Å². The summed E-state index contributed by atoms with van der Waals surface area (Å²) in [7, 11) is 1.72. The summed E-state index contributed by atoms with van der Waals surface area (Å²) in [6, 6.07) is 0. The van der Waals surface area contributed by atoms with Crippen molar-refractivity contribution in [3.8, 4) is 0 Å². The number of nitrogens with zero attached hydrogens (tertiary/aromatic N) is 1. The van der Waals surface area contributed by atoms with Gasteiger partial charge in [0.1, 0.15) is 0 Å². The van der Waals surface area contributed by atoms with Gasteiger partial charge < -0.3 is 10.2 Å². The molecule has 0 radical (unpaired) electrons. The second-order valence-corrected chi connectivity index (χ2v) is 3.32. The monoisotopic (exact) mass is 260 g/mol. The van der Waals surface area contributed by atoms with E-state index in [1.54, 1.807) is 7.05 Å². The second-order valence-electron chi connectivity index (χ2n) is 3.32. The van der Waals surface area contributed by atoms with Gasteiger partial charge in [-0.15, -0.1) is 0 Å². The van der Waals surface area contributed by atoms with Crippen LogP contribution < -0.4 is 5.32 Å². The smallest absolute Gasteiger partial charge is 0.222 e. The highest BCUT2D eigenvalue weighted by Gasteiger charge is 2.22. The number of nitrogens with one attached hydrogen (secondary N) is 1. The molecule has 0 spiro atoms. The molecule has 0 saturated carbocycles. The summed E-state index contributed by atoms with van der Waals surface area (Å²) in [6.07, 6.45) is 2.04. The van der Waals surface area contributed by atoms with Crippen LogP contribution in [0.2, 0.25) is 0 Å². The summed E-state index contributed by atoms with van der Waals surface area (Å²) in [5, 5.41) is 2.71. The molecule has 1 saturated heterocycles. The summed E-state index contributed by atoms with van der Waals surface area (Å²) in [5.41, 5.74) is 0. The number of likely N-dealkylation sites (tertiary alicyclic amines) is 1. The third kappa shape index (κ3) is 10.6. The van der Waals surface area contributed by atoms with Gasteiger partial charge in [-0.25, -0.2) is 0 Å². The van der Waals surface area contributed by atoms with E-state index in [-0.39, 0.29) is 11.8 Å². The first-order chi connectivity index (χ1) is 8.77. The lowest BCUT2D eigenvalue weighted by molar-refractivity contribution is -0.125. The van der Waals surface area contributed by atoms with E-state index in [0.29, 0.717) is 0 Å². The van der Waals surface area contributed by atoms with Gasteiger partial charge in [0.2, 0.25) is 5.91 Å². The van der Waals surface area contributed by atoms with Crippen LogP contribution in [0.4, 0.5) is 0 Å². The van der Waals surface area contributed by atoms with Gasteiger partial charge in [-0.05, 0) is 32.5 Å². The van der Waals surface area contributed by atoms with Crippen molar-refractivity contribution in [3.63, 3.8) is 0 Å². The molecule has 1 aliphatic heterocycles. The molecular weight excluding hydrogens is 224 g/mol. The Morgan fingerprint density at radius 1 is 1.06 bits per heavy atom. The number of carbonyl (C=O) groups is 1. The van der Waals surface area contributed by atoms with Crippen LogP contribution in [0, 0.1) is 5.92 Å². The summed E-state index contributed by atoms with van der Waals surface area (Å²) in [6.45, 7) is 17.4. The molecule has 1 amide bonds. The highest BCUT2D eigenvalue weighted by atomic mass is 16.1. The second kappa shape index (κ2) is 18.8. The van der Waals surface area contributed by atoms with Gasteiger partial charge in [-0.2, -0.15) is 0 Å². The maximum Gasteiger partial charge on any atom is 0.222 e. The van der Waals surface area contributed by atoms with Gasteiger partial charge in [-0.1, -0.05) is 48.5 Å². The quantitative estimate of drug-likeness (QED) is 0.823. The van der Waals surface area contributed by atoms with Gasteiger partial charge in [-0.3, -0.25) is 4.79 Å². The maximum absolute atomic E-state index is 11.2. The predicted octanol–water partition coefficient (Wildman–Crippen LogP) is 3.54. The zero-order valence-corrected chi connectivity index (χ0v) is 14.0. The molecule has 1 heterocycles. The minimum atomic E-state index is 0.214. The Balaban J connectivity index is -0.000000328. The van der Waals surface area contributed by atoms with Crippen molar-refractivity contribution in [1.82, 2.24) is 10.2 Å². The molecule has 1 N–H and O–H groups in total. The van der Waals surface area contributed by atoms with Crippen LogP contribution in [0.15, 0.2) is 0 Å². The molecule has 0 aromatic rings.